The fraction of sp³-hybridized carbons (Fsp3) is 0.588. The second-order valence-electron chi connectivity index (χ2n) is 7.30. The number of carbonyl (C=O) groups is 1. The van der Waals surface area contributed by atoms with Crippen molar-refractivity contribution < 1.29 is 4.79 Å². The maximum absolute atomic E-state index is 12.8. The molecule has 3 rings (SSSR count). The second kappa shape index (κ2) is 6.20. The Morgan fingerprint density at radius 3 is 2.33 bits per heavy atom. The van der Waals surface area contributed by atoms with E-state index in [1.807, 2.05) is 29.5 Å². The summed E-state index contributed by atoms with van der Waals surface area (Å²) >= 11 is 1.67. The molecule has 1 amide bonds. The second-order valence-corrected chi connectivity index (χ2v) is 8.14. The lowest BCUT2D eigenvalue weighted by atomic mass is 10.1. The highest BCUT2D eigenvalue weighted by atomic mass is 32.1. The van der Waals surface area contributed by atoms with Gasteiger partial charge in [-0.05, 0) is 40.7 Å². The van der Waals surface area contributed by atoms with Gasteiger partial charge in [0.2, 0.25) is 0 Å². The van der Waals surface area contributed by atoms with Gasteiger partial charge in [-0.15, -0.1) is 11.3 Å². The normalized spacial score (nSPS) is 15.9. The van der Waals surface area contributed by atoms with E-state index in [1.54, 1.807) is 11.3 Å². The van der Waals surface area contributed by atoms with Crippen LogP contribution in [0.5, 0.6) is 0 Å². The summed E-state index contributed by atoms with van der Waals surface area (Å²) in [5.41, 5.74) is 2.49. The zero-order valence-corrected chi connectivity index (χ0v) is 15.9. The van der Waals surface area contributed by atoms with Crippen molar-refractivity contribution >= 4 is 22.4 Å². The summed E-state index contributed by atoms with van der Waals surface area (Å²) in [6.07, 6.45) is 0. The van der Waals surface area contributed by atoms with Crippen LogP contribution in [0.2, 0.25) is 0 Å². The van der Waals surface area contributed by atoms with E-state index in [0.29, 0.717) is 18.8 Å². The van der Waals surface area contributed by atoms with Crippen molar-refractivity contribution in [2.24, 2.45) is 0 Å². The van der Waals surface area contributed by atoms with Gasteiger partial charge in [0.25, 0.3) is 5.91 Å². The molecular formula is C17H25N5OS. The Bertz CT molecular complexity index is 734. The third-order valence-electron chi connectivity index (χ3n) is 4.19. The summed E-state index contributed by atoms with van der Waals surface area (Å²) in [4.78, 5) is 21.4. The zero-order valence-electron chi connectivity index (χ0n) is 15.0. The fourth-order valence-corrected chi connectivity index (χ4v) is 3.86. The first kappa shape index (κ1) is 17.0. The summed E-state index contributed by atoms with van der Waals surface area (Å²) < 4.78 is 1.93. The van der Waals surface area contributed by atoms with E-state index in [1.165, 1.54) is 0 Å². The van der Waals surface area contributed by atoms with Crippen molar-refractivity contribution in [1.82, 2.24) is 19.7 Å². The number of hydrogen-bond acceptors (Lipinski definition) is 5. The minimum Gasteiger partial charge on any atom is -0.345 e. The van der Waals surface area contributed by atoms with Gasteiger partial charge in [0, 0.05) is 37.3 Å². The Hall–Kier alpha value is -1.89. The van der Waals surface area contributed by atoms with E-state index in [-0.39, 0.29) is 11.4 Å². The Balaban J connectivity index is 1.67. The van der Waals surface area contributed by atoms with E-state index in [0.717, 1.165) is 29.6 Å². The third kappa shape index (κ3) is 3.31. The predicted octanol–water partition coefficient (Wildman–Crippen LogP) is 2.67. The SMILES string of the molecule is Cc1csc(N2CCN(C(=O)c3cc(C)n(C(C)(C)C)n3)CC2)n1. The number of hydrogen-bond donors (Lipinski definition) is 0. The molecule has 7 heteroatoms. The molecule has 1 aliphatic rings. The quantitative estimate of drug-likeness (QED) is 0.838. The van der Waals surface area contributed by atoms with E-state index < -0.39 is 0 Å². The predicted molar refractivity (Wildman–Crippen MR) is 96.9 cm³/mol. The third-order valence-corrected chi connectivity index (χ3v) is 5.21. The minimum atomic E-state index is -0.121. The van der Waals surface area contributed by atoms with Crippen LogP contribution >= 0.6 is 11.3 Å². The van der Waals surface area contributed by atoms with Gasteiger partial charge < -0.3 is 9.80 Å². The molecule has 0 unspecified atom stereocenters. The Morgan fingerprint density at radius 1 is 1.17 bits per heavy atom. The van der Waals surface area contributed by atoms with Gasteiger partial charge in [-0.2, -0.15) is 5.10 Å². The Morgan fingerprint density at radius 2 is 1.83 bits per heavy atom. The maximum Gasteiger partial charge on any atom is 0.274 e. The van der Waals surface area contributed by atoms with E-state index >= 15 is 0 Å². The number of nitrogens with zero attached hydrogens (tertiary/aromatic N) is 5. The highest BCUT2D eigenvalue weighted by Crippen LogP contribution is 2.22. The van der Waals surface area contributed by atoms with Crippen LogP contribution in [0.25, 0.3) is 0 Å². The number of carbonyl (C=O) groups excluding carboxylic acids is 1. The van der Waals surface area contributed by atoms with Crippen LogP contribution in [0, 0.1) is 13.8 Å². The molecule has 1 fully saturated rings. The van der Waals surface area contributed by atoms with Gasteiger partial charge in [-0.3, -0.25) is 9.48 Å². The number of piperazine rings is 1. The molecule has 2 aromatic rings. The first-order valence-corrected chi connectivity index (χ1v) is 9.17. The number of anilines is 1. The average molecular weight is 347 g/mol. The lowest BCUT2D eigenvalue weighted by Gasteiger charge is -2.34. The van der Waals surface area contributed by atoms with Gasteiger partial charge in [0.05, 0.1) is 11.2 Å². The summed E-state index contributed by atoms with van der Waals surface area (Å²) in [5.74, 6) is 0.0241. The van der Waals surface area contributed by atoms with Crippen molar-refractivity contribution in [1.29, 1.82) is 0 Å². The standard InChI is InChI=1S/C17H25N5OS/c1-12-11-24-16(18-12)21-8-6-20(7-9-21)15(23)14-10-13(2)22(19-14)17(3,4)5/h10-11H,6-9H2,1-5H3. The molecule has 6 nitrogen and oxygen atoms in total. The largest absolute Gasteiger partial charge is 0.345 e. The summed E-state index contributed by atoms with van der Waals surface area (Å²) in [6.45, 7) is 13.3. The molecular weight excluding hydrogens is 322 g/mol. The first-order chi connectivity index (χ1) is 11.3. The van der Waals surface area contributed by atoms with Crippen molar-refractivity contribution in [3.63, 3.8) is 0 Å². The lowest BCUT2D eigenvalue weighted by molar-refractivity contribution is 0.0739. The molecule has 130 valence electrons. The molecule has 0 atom stereocenters. The first-order valence-electron chi connectivity index (χ1n) is 8.29. The molecule has 1 aliphatic heterocycles. The van der Waals surface area contributed by atoms with Gasteiger partial charge in [-0.25, -0.2) is 4.98 Å². The van der Waals surface area contributed by atoms with Crippen LogP contribution in [-0.2, 0) is 5.54 Å². The molecule has 0 aromatic carbocycles. The number of aromatic nitrogens is 3. The van der Waals surface area contributed by atoms with Crippen LogP contribution in [0.4, 0.5) is 5.13 Å². The smallest absolute Gasteiger partial charge is 0.274 e. The number of amides is 1. The van der Waals surface area contributed by atoms with Crippen LogP contribution in [-0.4, -0.2) is 51.8 Å². The molecule has 3 heterocycles. The van der Waals surface area contributed by atoms with Crippen LogP contribution < -0.4 is 4.90 Å². The number of rotatable bonds is 2. The summed E-state index contributed by atoms with van der Waals surface area (Å²) in [5, 5.41) is 7.65. The van der Waals surface area contributed by atoms with Crippen molar-refractivity contribution in [2.45, 2.75) is 40.2 Å². The molecule has 0 saturated carbocycles. The van der Waals surface area contributed by atoms with Gasteiger partial charge in [0.1, 0.15) is 0 Å². The van der Waals surface area contributed by atoms with E-state index in [9.17, 15) is 4.79 Å². The molecule has 0 bridgehead atoms. The maximum atomic E-state index is 12.8. The summed E-state index contributed by atoms with van der Waals surface area (Å²) in [7, 11) is 0. The highest BCUT2D eigenvalue weighted by molar-refractivity contribution is 7.13. The van der Waals surface area contributed by atoms with Crippen molar-refractivity contribution in [3.8, 4) is 0 Å². The number of aryl methyl sites for hydroxylation is 2. The van der Waals surface area contributed by atoms with Gasteiger partial charge in [-0.1, -0.05) is 0 Å². The lowest BCUT2D eigenvalue weighted by Crippen LogP contribution is -2.49. The fourth-order valence-electron chi connectivity index (χ4n) is 3.01. The monoisotopic (exact) mass is 347 g/mol. The minimum absolute atomic E-state index is 0.0241. The van der Waals surface area contributed by atoms with Gasteiger partial charge >= 0.3 is 0 Å². The van der Waals surface area contributed by atoms with Crippen molar-refractivity contribution in [3.05, 3.63) is 28.5 Å². The van der Waals surface area contributed by atoms with Crippen LogP contribution in [0.1, 0.15) is 42.6 Å². The average Bonchev–Trinajstić information content (AvgIpc) is 3.12. The van der Waals surface area contributed by atoms with Crippen LogP contribution in [0.3, 0.4) is 0 Å². The summed E-state index contributed by atoms with van der Waals surface area (Å²) in [6, 6.07) is 1.89. The molecule has 2 aromatic heterocycles. The van der Waals surface area contributed by atoms with E-state index in [2.05, 4.69) is 41.1 Å². The molecule has 24 heavy (non-hydrogen) atoms. The van der Waals surface area contributed by atoms with Crippen LogP contribution in [0.15, 0.2) is 11.4 Å². The Labute approximate surface area is 147 Å². The molecule has 1 saturated heterocycles. The topological polar surface area (TPSA) is 54.3 Å². The highest BCUT2D eigenvalue weighted by Gasteiger charge is 2.27. The van der Waals surface area contributed by atoms with Crippen molar-refractivity contribution in [2.75, 3.05) is 31.1 Å². The molecule has 0 aliphatic carbocycles. The Kier molecular flexibility index (Phi) is 4.38. The number of thiazole rings is 1. The molecule has 0 spiro atoms. The van der Waals surface area contributed by atoms with Gasteiger partial charge in [0.15, 0.2) is 10.8 Å². The zero-order chi connectivity index (χ0) is 17.5. The molecule has 0 radical (unpaired) electrons. The molecule has 0 N–H and O–H groups in total. The van der Waals surface area contributed by atoms with E-state index in [4.69, 9.17) is 0 Å².